The zero-order valence-electron chi connectivity index (χ0n) is 8.48. The summed E-state index contributed by atoms with van der Waals surface area (Å²) in [6, 6.07) is 4.19. The van der Waals surface area contributed by atoms with Crippen molar-refractivity contribution in [2.75, 3.05) is 24.5 Å². The van der Waals surface area contributed by atoms with Crippen LogP contribution in [0.25, 0.3) is 0 Å². The molecule has 2 heterocycles. The summed E-state index contributed by atoms with van der Waals surface area (Å²) in [5.41, 5.74) is 0. The summed E-state index contributed by atoms with van der Waals surface area (Å²) >= 11 is 5.67. The molecule has 84 valence electrons. The highest BCUT2D eigenvalue weighted by atomic mass is 35.5. The Morgan fingerprint density at radius 3 is 2.87 bits per heavy atom. The predicted molar refractivity (Wildman–Crippen MR) is 64.0 cm³/mol. The fourth-order valence-electron chi connectivity index (χ4n) is 1.62. The third-order valence-electron chi connectivity index (χ3n) is 2.31. The average molecular weight is 249 g/mol. The lowest BCUT2D eigenvalue weighted by molar-refractivity contribution is 0.481. The summed E-state index contributed by atoms with van der Waals surface area (Å²) in [6.07, 6.45) is 0. The van der Waals surface area contributed by atoms with Crippen LogP contribution in [0.4, 0.5) is 5.82 Å². The molecule has 1 N–H and O–H groups in total. The predicted octanol–water partition coefficient (Wildman–Crippen LogP) is 1.35. The molecule has 0 aromatic carbocycles. The largest absolute Gasteiger partial charge is 0.352 e. The first-order valence-electron chi connectivity index (χ1n) is 4.73. The highest BCUT2D eigenvalue weighted by Gasteiger charge is 2.16. The van der Waals surface area contributed by atoms with Crippen LogP contribution in [0.3, 0.4) is 0 Å². The second kappa shape index (κ2) is 5.49. The Kier molecular flexibility index (Phi) is 4.57. The van der Waals surface area contributed by atoms with Crippen molar-refractivity contribution in [1.82, 2.24) is 15.5 Å². The van der Waals surface area contributed by atoms with Crippen molar-refractivity contribution in [2.45, 2.75) is 13.0 Å². The van der Waals surface area contributed by atoms with Gasteiger partial charge in [-0.3, -0.25) is 0 Å². The Morgan fingerprint density at radius 1 is 1.47 bits per heavy atom. The Hall–Kier alpha value is -0.580. The number of hydrogen-bond donors (Lipinski definition) is 1. The minimum absolute atomic E-state index is 0. The van der Waals surface area contributed by atoms with Crippen LogP contribution in [0.15, 0.2) is 12.1 Å². The molecule has 0 aliphatic carbocycles. The number of halogens is 2. The van der Waals surface area contributed by atoms with Crippen LogP contribution in [-0.2, 0) is 0 Å². The lowest BCUT2D eigenvalue weighted by atomic mass is 10.2. The molecular weight excluding hydrogens is 235 g/mol. The summed E-state index contributed by atoms with van der Waals surface area (Å²) in [4.78, 5) is 2.21. The van der Waals surface area contributed by atoms with Gasteiger partial charge in [-0.15, -0.1) is 22.6 Å². The van der Waals surface area contributed by atoms with Gasteiger partial charge in [-0.2, -0.15) is 0 Å². The van der Waals surface area contributed by atoms with Crippen molar-refractivity contribution < 1.29 is 0 Å². The van der Waals surface area contributed by atoms with Gasteiger partial charge >= 0.3 is 0 Å². The van der Waals surface area contributed by atoms with Gasteiger partial charge in [0.05, 0.1) is 0 Å². The van der Waals surface area contributed by atoms with Crippen LogP contribution in [0, 0.1) is 0 Å². The normalized spacial score (nSPS) is 20.9. The molecular formula is C9H14Cl2N4. The minimum atomic E-state index is 0. The van der Waals surface area contributed by atoms with E-state index in [1.807, 2.05) is 6.07 Å². The smallest absolute Gasteiger partial charge is 0.151 e. The lowest BCUT2D eigenvalue weighted by Crippen LogP contribution is -2.49. The highest BCUT2D eigenvalue weighted by Crippen LogP contribution is 2.13. The molecule has 2 rings (SSSR count). The first kappa shape index (κ1) is 12.5. The van der Waals surface area contributed by atoms with Gasteiger partial charge in [-0.05, 0) is 19.1 Å². The molecule has 6 heteroatoms. The molecule has 0 bridgehead atoms. The SMILES string of the molecule is CC1CN(c2ccc(Cl)nn2)CCN1.Cl. The summed E-state index contributed by atoms with van der Waals surface area (Å²) in [6.45, 7) is 5.10. The third kappa shape index (κ3) is 3.19. The molecule has 1 aromatic rings. The zero-order valence-corrected chi connectivity index (χ0v) is 10.1. The molecule has 1 unspecified atom stereocenters. The Balaban J connectivity index is 0.00000112. The van der Waals surface area contributed by atoms with Gasteiger partial charge in [0.1, 0.15) is 0 Å². The number of rotatable bonds is 1. The van der Waals surface area contributed by atoms with E-state index in [9.17, 15) is 0 Å². The van der Waals surface area contributed by atoms with Crippen LogP contribution in [0.5, 0.6) is 0 Å². The molecule has 4 nitrogen and oxygen atoms in total. The molecule has 1 aliphatic heterocycles. The van der Waals surface area contributed by atoms with Crippen molar-refractivity contribution in [3.63, 3.8) is 0 Å². The molecule has 15 heavy (non-hydrogen) atoms. The van der Waals surface area contributed by atoms with Crippen LogP contribution < -0.4 is 10.2 Å². The quantitative estimate of drug-likeness (QED) is 0.815. The second-order valence-corrected chi connectivity index (χ2v) is 3.90. The number of anilines is 1. The van der Waals surface area contributed by atoms with Crippen LogP contribution in [-0.4, -0.2) is 35.9 Å². The fraction of sp³-hybridized carbons (Fsp3) is 0.556. The first-order valence-corrected chi connectivity index (χ1v) is 5.11. The third-order valence-corrected chi connectivity index (χ3v) is 2.51. The fourth-order valence-corrected chi connectivity index (χ4v) is 1.72. The number of nitrogens with zero attached hydrogens (tertiary/aromatic N) is 3. The maximum Gasteiger partial charge on any atom is 0.151 e. The van der Waals surface area contributed by atoms with Gasteiger partial charge in [-0.1, -0.05) is 11.6 Å². The highest BCUT2D eigenvalue weighted by molar-refractivity contribution is 6.29. The van der Waals surface area contributed by atoms with Crippen LogP contribution in [0.1, 0.15) is 6.92 Å². The van der Waals surface area contributed by atoms with Crippen molar-refractivity contribution in [1.29, 1.82) is 0 Å². The maximum atomic E-state index is 5.67. The molecule has 1 aliphatic rings. The van der Waals surface area contributed by atoms with Crippen molar-refractivity contribution in [3.8, 4) is 0 Å². The number of piperazine rings is 1. The van der Waals surface area contributed by atoms with Gasteiger partial charge in [0.2, 0.25) is 0 Å². The summed E-state index contributed by atoms with van der Waals surface area (Å²) in [7, 11) is 0. The number of aromatic nitrogens is 2. The van der Waals surface area contributed by atoms with E-state index in [1.165, 1.54) is 0 Å². The summed E-state index contributed by atoms with van der Waals surface area (Å²) in [5.74, 6) is 0.905. The van der Waals surface area contributed by atoms with Crippen molar-refractivity contribution >= 4 is 29.8 Å². The second-order valence-electron chi connectivity index (χ2n) is 3.52. The first-order chi connectivity index (χ1) is 6.75. The van der Waals surface area contributed by atoms with Crippen molar-refractivity contribution in [3.05, 3.63) is 17.3 Å². The summed E-state index contributed by atoms with van der Waals surface area (Å²) < 4.78 is 0. The van der Waals surface area contributed by atoms with Crippen molar-refractivity contribution in [2.24, 2.45) is 0 Å². The molecule has 1 aromatic heterocycles. The van der Waals surface area contributed by atoms with E-state index in [4.69, 9.17) is 11.6 Å². The molecule has 0 spiro atoms. The topological polar surface area (TPSA) is 41.1 Å². The van der Waals surface area contributed by atoms with Gasteiger partial charge in [0.25, 0.3) is 0 Å². The van der Waals surface area contributed by atoms with E-state index >= 15 is 0 Å². The van der Waals surface area contributed by atoms with Crippen LogP contribution >= 0.6 is 24.0 Å². The molecule has 0 amide bonds. The molecule has 1 fully saturated rings. The monoisotopic (exact) mass is 248 g/mol. The molecule has 1 atom stereocenters. The standard InChI is InChI=1S/C9H13ClN4.ClH/c1-7-6-14(5-4-11-7)9-3-2-8(10)12-13-9;/h2-3,7,11H,4-6H2,1H3;1H. The van der Waals surface area contributed by atoms with Gasteiger partial charge in [-0.25, -0.2) is 0 Å². The number of hydrogen-bond acceptors (Lipinski definition) is 4. The Labute approximate surface area is 100 Å². The lowest BCUT2D eigenvalue weighted by Gasteiger charge is -2.32. The van der Waals surface area contributed by atoms with E-state index in [2.05, 4.69) is 27.3 Å². The van der Waals surface area contributed by atoms with E-state index in [0.717, 1.165) is 25.5 Å². The maximum absolute atomic E-state index is 5.67. The zero-order chi connectivity index (χ0) is 9.97. The van der Waals surface area contributed by atoms with Gasteiger partial charge in [0.15, 0.2) is 11.0 Å². The van der Waals surface area contributed by atoms with Gasteiger partial charge < -0.3 is 10.2 Å². The Bertz CT molecular complexity index is 303. The van der Waals surface area contributed by atoms with Crippen LogP contribution in [0.2, 0.25) is 5.15 Å². The molecule has 1 saturated heterocycles. The molecule has 0 radical (unpaired) electrons. The summed E-state index contributed by atoms with van der Waals surface area (Å²) in [5, 5.41) is 11.7. The minimum Gasteiger partial charge on any atom is -0.352 e. The molecule has 0 saturated carbocycles. The Morgan fingerprint density at radius 2 is 2.27 bits per heavy atom. The average Bonchev–Trinajstić information content (AvgIpc) is 2.19. The van der Waals surface area contributed by atoms with E-state index in [1.54, 1.807) is 6.07 Å². The number of nitrogens with one attached hydrogen (secondary N) is 1. The van der Waals surface area contributed by atoms with E-state index in [-0.39, 0.29) is 12.4 Å². The van der Waals surface area contributed by atoms with E-state index in [0.29, 0.717) is 11.2 Å². The van der Waals surface area contributed by atoms with Gasteiger partial charge in [0, 0.05) is 25.7 Å². The van der Waals surface area contributed by atoms with E-state index < -0.39 is 0 Å².